The minimum atomic E-state index is -0.395. The van der Waals surface area contributed by atoms with E-state index in [0.717, 1.165) is 40.0 Å². The van der Waals surface area contributed by atoms with Gasteiger partial charge in [-0.3, -0.25) is 4.40 Å². The lowest BCUT2D eigenvalue weighted by atomic mass is 9.95. The Hall–Kier alpha value is -2.84. The number of aromatic nitrogens is 2. The largest absolute Gasteiger partial charge is 0.493 e. The number of ether oxygens (including phenoxy) is 2. The molecule has 1 saturated carbocycles. The van der Waals surface area contributed by atoms with E-state index in [4.69, 9.17) is 14.5 Å². The molecule has 0 spiro atoms. The molecule has 1 fully saturated rings. The van der Waals surface area contributed by atoms with Gasteiger partial charge in [0.2, 0.25) is 0 Å². The fourth-order valence-corrected chi connectivity index (χ4v) is 5.18. The zero-order chi connectivity index (χ0) is 22.8. The SMILES string of the molecule is COc1cc(-c2nc3ccc(Br)cn3c2NC2CCCCC2)ccc1OC(=O)c1cccs1. The van der Waals surface area contributed by atoms with Crippen molar-refractivity contribution in [3.63, 3.8) is 0 Å². The molecule has 0 radical (unpaired) electrons. The zero-order valence-electron chi connectivity index (χ0n) is 18.2. The first-order valence-corrected chi connectivity index (χ1v) is 12.7. The number of hydrogen-bond acceptors (Lipinski definition) is 6. The second kappa shape index (κ2) is 9.57. The van der Waals surface area contributed by atoms with E-state index in [1.165, 1.54) is 30.6 Å². The lowest BCUT2D eigenvalue weighted by Gasteiger charge is -2.24. The lowest BCUT2D eigenvalue weighted by molar-refractivity contribution is 0.0735. The molecule has 0 bridgehead atoms. The van der Waals surface area contributed by atoms with E-state index in [0.29, 0.717) is 22.4 Å². The van der Waals surface area contributed by atoms with Crippen LogP contribution in [-0.2, 0) is 0 Å². The van der Waals surface area contributed by atoms with Crippen molar-refractivity contribution >= 4 is 44.7 Å². The van der Waals surface area contributed by atoms with Crippen LogP contribution in [0.3, 0.4) is 0 Å². The van der Waals surface area contributed by atoms with E-state index in [1.54, 1.807) is 19.2 Å². The van der Waals surface area contributed by atoms with Gasteiger partial charge in [-0.05, 0) is 70.5 Å². The first-order chi connectivity index (χ1) is 16.1. The van der Waals surface area contributed by atoms with Gasteiger partial charge in [0.05, 0.1) is 7.11 Å². The molecule has 0 aliphatic heterocycles. The third-order valence-corrected chi connectivity index (χ3v) is 7.21. The van der Waals surface area contributed by atoms with E-state index >= 15 is 0 Å². The highest BCUT2D eigenvalue weighted by Gasteiger charge is 2.21. The van der Waals surface area contributed by atoms with Crippen molar-refractivity contribution in [2.45, 2.75) is 38.1 Å². The summed E-state index contributed by atoms with van der Waals surface area (Å²) in [4.78, 5) is 17.9. The van der Waals surface area contributed by atoms with Crippen LogP contribution in [-0.4, -0.2) is 28.5 Å². The Bertz CT molecular complexity index is 1280. The van der Waals surface area contributed by atoms with Gasteiger partial charge in [-0.25, -0.2) is 9.78 Å². The number of carbonyl (C=O) groups excluding carboxylic acids is 1. The number of hydrogen-bond donors (Lipinski definition) is 1. The molecular weight excluding hydrogens is 502 g/mol. The molecule has 3 aromatic heterocycles. The molecule has 170 valence electrons. The molecule has 1 aliphatic carbocycles. The summed E-state index contributed by atoms with van der Waals surface area (Å²) in [5.74, 6) is 1.43. The summed E-state index contributed by atoms with van der Waals surface area (Å²) in [6, 6.07) is 13.5. The van der Waals surface area contributed by atoms with Gasteiger partial charge in [-0.1, -0.05) is 25.3 Å². The van der Waals surface area contributed by atoms with Crippen molar-refractivity contribution in [2.75, 3.05) is 12.4 Å². The molecule has 0 unspecified atom stereocenters. The van der Waals surface area contributed by atoms with Crippen molar-refractivity contribution < 1.29 is 14.3 Å². The molecule has 33 heavy (non-hydrogen) atoms. The maximum absolute atomic E-state index is 12.4. The zero-order valence-corrected chi connectivity index (χ0v) is 20.6. The van der Waals surface area contributed by atoms with Crippen LogP contribution in [0.5, 0.6) is 11.5 Å². The quantitative estimate of drug-likeness (QED) is 0.221. The molecule has 4 aromatic rings. The van der Waals surface area contributed by atoms with Crippen LogP contribution < -0.4 is 14.8 Å². The highest BCUT2D eigenvalue weighted by atomic mass is 79.9. The Morgan fingerprint density at radius 1 is 1.15 bits per heavy atom. The first kappa shape index (κ1) is 22.0. The topological polar surface area (TPSA) is 64.9 Å². The minimum absolute atomic E-state index is 0.382. The summed E-state index contributed by atoms with van der Waals surface area (Å²) < 4.78 is 14.2. The summed E-state index contributed by atoms with van der Waals surface area (Å²) in [6.07, 6.45) is 8.12. The minimum Gasteiger partial charge on any atom is -0.493 e. The normalized spacial score (nSPS) is 14.4. The smallest absolute Gasteiger partial charge is 0.353 e. The van der Waals surface area contributed by atoms with Crippen LogP contribution in [0.4, 0.5) is 5.82 Å². The highest BCUT2D eigenvalue weighted by molar-refractivity contribution is 9.10. The van der Waals surface area contributed by atoms with Crippen LogP contribution in [0.25, 0.3) is 16.9 Å². The Balaban J connectivity index is 1.52. The molecule has 5 rings (SSSR count). The molecule has 8 heteroatoms. The third-order valence-electron chi connectivity index (χ3n) is 5.89. The van der Waals surface area contributed by atoms with Crippen LogP contribution in [0, 0.1) is 0 Å². The van der Waals surface area contributed by atoms with Crippen molar-refractivity contribution in [3.8, 4) is 22.8 Å². The third kappa shape index (κ3) is 4.63. The number of imidazole rings is 1. The molecule has 0 atom stereocenters. The number of carbonyl (C=O) groups is 1. The van der Waals surface area contributed by atoms with E-state index in [1.807, 2.05) is 41.9 Å². The highest BCUT2D eigenvalue weighted by Crippen LogP contribution is 2.37. The van der Waals surface area contributed by atoms with Crippen LogP contribution in [0.15, 0.2) is 58.5 Å². The van der Waals surface area contributed by atoms with Crippen LogP contribution >= 0.6 is 27.3 Å². The van der Waals surface area contributed by atoms with Gasteiger partial charge < -0.3 is 14.8 Å². The number of nitrogens with one attached hydrogen (secondary N) is 1. The Morgan fingerprint density at radius 2 is 2.00 bits per heavy atom. The number of esters is 1. The predicted octanol–water partition coefficient (Wildman–Crippen LogP) is 6.80. The van der Waals surface area contributed by atoms with Gasteiger partial charge in [0.15, 0.2) is 11.5 Å². The maximum Gasteiger partial charge on any atom is 0.353 e. The average Bonchev–Trinajstić information content (AvgIpc) is 3.49. The number of halogens is 1. The molecule has 3 heterocycles. The first-order valence-electron chi connectivity index (χ1n) is 11.0. The molecular formula is C25H24BrN3O3S. The molecule has 6 nitrogen and oxygen atoms in total. The summed E-state index contributed by atoms with van der Waals surface area (Å²) >= 11 is 4.93. The summed E-state index contributed by atoms with van der Waals surface area (Å²) in [7, 11) is 1.57. The van der Waals surface area contributed by atoms with Gasteiger partial charge in [-0.15, -0.1) is 11.3 Å². The van der Waals surface area contributed by atoms with Gasteiger partial charge in [0.1, 0.15) is 22.0 Å². The number of rotatable bonds is 6. The monoisotopic (exact) mass is 525 g/mol. The van der Waals surface area contributed by atoms with Crippen molar-refractivity contribution in [1.29, 1.82) is 0 Å². The van der Waals surface area contributed by atoms with E-state index in [9.17, 15) is 4.79 Å². The van der Waals surface area contributed by atoms with Gasteiger partial charge in [0.25, 0.3) is 0 Å². The summed E-state index contributed by atoms with van der Waals surface area (Å²) in [5, 5.41) is 5.60. The number of anilines is 1. The van der Waals surface area contributed by atoms with Gasteiger partial charge in [0, 0.05) is 22.3 Å². The van der Waals surface area contributed by atoms with Crippen molar-refractivity contribution in [1.82, 2.24) is 9.38 Å². The van der Waals surface area contributed by atoms with E-state index in [-0.39, 0.29) is 0 Å². The predicted molar refractivity (Wildman–Crippen MR) is 135 cm³/mol. The standard InChI is InChI=1S/C25H24BrN3O3S/c1-31-20-14-16(9-11-19(20)32-25(30)21-8-5-13-33-21)23-24(27-18-6-3-2-4-7-18)29-15-17(26)10-12-22(29)28-23/h5,8-15,18,27H,2-4,6-7H2,1H3. The summed E-state index contributed by atoms with van der Waals surface area (Å²) in [5.41, 5.74) is 2.59. The van der Waals surface area contributed by atoms with Gasteiger partial charge in [-0.2, -0.15) is 0 Å². The maximum atomic E-state index is 12.4. The van der Waals surface area contributed by atoms with Crippen LogP contribution in [0.1, 0.15) is 41.8 Å². The molecule has 0 saturated heterocycles. The second-order valence-corrected chi connectivity index (χ2v) is 9.96. The Labute approximate surface area is 204 Å². The number of benzene rings is 1. The number of pyridine rings is 1. The fraction of sp³-hybridized carbons (Fsp3) is 0.280. The number of nitrogens with zero attached hydrogens (tertiary/aromatic N) is 2. The molecule has 1 N–H and O–H groups in total. The molecule has 1 aliphatic rings. The number of fused-ring (bicyclic) bond motifs is 1. The molecule has 1 aromatic carbocycles. The van der Waals surface area contributed by atoms with Gasteiger partial charge >= 0.3 is 5.97 Å². The Kier molecular flexibility index (Phi) is 6.37. The van der Waals surface area contributed by atoms with Crippen LogP contribution in [0.2, 0.25) is 0 Å². The van der Waals surface area contributed by atoms with Crippen molar-refractivity contribution in [2.24, 2.45) is 0 Å². The van der Waals surface area contributed by atoms with E-state index < -0.39 is 5.97 Å². The lowest BCUT2D eigenvalue weighted by Crippen LogP contribution is -2.23. The molecule has 0 amide bonds. The van der Waals surface area contributed by atoms with Crippen molar-refractivity contribution in [3.05, 3.63) is 63.4 Å². The second-order valence-electron chi connectivity index (χ2n) is 8.10. The van der Waals surface area contributed by atoms with E-state index in [2.05, 4.69) is 25.6 Å². The average molecular weight is 526 g/mol. The number of thiophene rings is 1. The fourth-order valence-electron chi connectivity index (χ4n) is 4.24. The Morgan fingerprint density at radius 3 is 2.76 bits per heavy atom. The summed E-state index contributed by atoms with van der Waals surface area (Å²) in [6.45, 7) is 0. The number of methoxy groups -OCH3 is 1.